The van der Waals surface area contributed by atoms with E-state index in [9.17, 15) is 9.59 Å². The number of nitrogens with one attached hydrogen (secondary N) is 2. The van der Waals surface area contributed by atoms with Gasteiger partial charge in [-0.05, 0) is 19.8 Å². The van der Waals surface area contributed by atoms with Crippen LogP contribution in [0.15, 0.2) is 17.1 Å². The lowest BCUT2D eigenvalue weighted by atomic mass is 9.91. The Hall–Kier alpha value is -1.62. The minimum absolute atomic E-state index is 0.00719. The molecule has 0 unspecified atom stereocenters. The van der Waals surface area contributed by atoms with Gasteiger partial charge in [0.05, 0.1) is 0 Å². The summed E-state index contributed by atoms with van der Waals surface area (Å²) in [5.74, 6) is -0.335. The van der Waals surface area contributed by atoms with E-state index in [1.807, 2.05) is 0 Å². The number of aromatic amines is 1. The van der Waals surface area contributed by atoms with E-state index in [0.717, 1.165) is 31.4 Å². The van der Waals surface area contributed by atoms with Crippen LogP contribution in [0, 0.1) is 6.92 Å². The summed E-state index contributed by atoms with van der Waals surface area (Å²) in [4.78, 5) is 26.6. The number of aryl methyl sites for hydroxylation is 1. The van der Waals surface area contributed by atoms with E-state index in [1.54, 1.807) is 6.92 Å². The lowest BCUT2D eigenvalue weighted by Crippen LogP contribution is -2.50. The van der Waals surface area contributed by atoms with E-state index < -0.39 is 0 Å². The third-order valence-corrected chi connectivity index (χ3v) is 3.44. The molecule has 0 aromatic carbocycles. The number of H-pyrrole nitrogens is 1. The first kappa shape index (κ1) is 12.8. The zero-order valence-corrected chi connectivity index (χ0v) is 10.5. The van der Waals surface area contributed by atoms with Gasteiger partial charge in [0, 0.05) is 30.0 Å². The van der Waals surface area contributed by atoms with E-state index in [0.29, 0.717) is 0 Å². The fraction of sp³-hybridized carbons (Fsp3) is 0.538. The molecule has 0 radical (unpaired) electrons. The molecule has 2 rings (SSSR count). The zero-order chi connectivity index (χ0) is 13.1. The van der Waals surface area contributed by atoms with Crippen LogP contribution in [0.2, 0.25) is 0 Å². The predicted octanol–water partition coefficient (Wildman–Crippen LogP) is 0.683. The Balaban J connectivity index is 2.09. The minimum atomic E-state index is -0.335. The Kier molecular flexibility index (Phi) is 3.81. The molecular weight excluding hydrogens is 230 g/mol. The number of hydrogen-bond acceptors (Lipinski definition) is 3. The first-order chi connectivity index (χ1) is 8.58. The highest BCUT2D eigenvalue weighted by Crippen LogP contribution is 2.17. The van der Waals surface area contributed by atoms with Crippen LogP contribution in [0.5, 0.6) is 0 Å². The van der Waals surface area contributed by atoms with Crippen LogP contribution >= 0.6 is 0 Å². The molecule has 0 bridgehead atoms. The molecule has 0 spiro atoms. The maximum atomic E-state index is 12.0. The second-order valence-electron chi connectivity index (χ2n) is 4.92. The average Bonchev–Trinajstić information content (AvgIpc) is 2.32. The Morgan fingerprint density at radius 3 is 2.83 bits per heavy atom. The van der Waals surface area contributed by atoms with Crippen molar-refractivity contribution in [2.75, 3.05) is 0 Å². The Morgan fingerprint density at radius 2 is 2.17 bits per heavy atom. The molecule has 1 aromatic rings. The van der Waals surface area contributed by atoms with Crippen molar-refractivity contribution in [3.63, 3.8) is 0 Å². The van der Waals surface area contributed by atoms with Crippen LogP contribution in [-0.2, 0) is 0 Å². The first-order valence-electron chi connectivity index (χ1n) is 6.33. The number of aromatic nitrogens is 1. The van der Waals surface area contributed by atoms with Crippen LogP contribution in [-0.4, -0.2) is 23.0 Å². The minimum Gasteiger partial charge on any atom is -0.364 e. The van der Waals surface area contributed by atoms with Crippen molar-refractivity contribution in [1.29, 1.82) is 0 Å². The lowest BCUT2D eigenvalue weighted by Gasteiger charge is -2.29. The first-order valence-corrected chi connectivity index (χ1v) is 6.33. The molecule has 0 saturated heterocycles. The van der Waals surface area contributed by atoms with Crippen LogP contribution in [0.3, 0.4) is 0 Å². The summed E-state index contributed by atoms with van der Waals surface area (Å²) in [6.45, 7) is 1.78. The molecule has 0 aliphatic heterocycles. The number of carbonyl (C=O) groups is 1. The molecule has 1 heterocycles. The SMILES string of the molecule is Cc1cc(=O)c(C(=O)N[C@@H]2CCCC[C@H]2N)c[nH]1. The highest BCUT2D eigenvalue weighted by molar-refractivity contribution is 5.94. The molecule has 1 aromatic heterocycles. The summed E-state index contributed by atoms with van der Waals surface area (Å²) in [5, 5.41) is 2.86. The van der Waals surface area contributed by atoms with Gasteiger partial charge in [0.15, 0.2) is 5.43 Å². The Labute approximate surface area is 106 Å². The standard InChI is InChI=1S/C13H19N3O2/c1-8-6-12(17)9(7-15-8)13(18)16-11-5-3-2-4-10(11)14/h6-7,10-11H,2-5,14H2,1H3,(H,15,17)(H,16,18)/t10-,11-/m1/s1. The second-order valence-corrected chi connectivity index (χ2v) is 4.92. The zero-order valence-electron chi connectivity index (χ0n) is 10.5. The summed E-state index contributed by atoms with van der Waals surface area (Å²) in [7, 11) is 0. The van der Waals surface area contributed by atoms with Crippen molar-refractivity contribution in [2.24, 2.45) is 5.73 Å². The number of hydrogen-bond donors (Lipinski definition) is 3. The Morgan fingerprint density at radius 1 is 1.44 bits per heavy atom. The second kappa shape index (κ2) is 5.35. The fourth-order valence-corrected chi connectivity index (χ4v) is 2.34. The van der Waals surface area contributed by atoms with Crippen LogP contribution in [0.1, 0.15) is 41.7 Å². The molecule has 1 amide bonds. The highest BCUT2D eigenvalue weighted by Gasteiger charge is 2.24. The summed E-state index contributed by atoms with van der Waals surface area (Å²) in [6, 6.07) is 1.40. The van der Waals surface area contributed by atoms with E-state index in [4.69, 9.17) is 5.73 Å². The molecule has 1 aliphatic carbocycles. The number of amides is 1. The van der Waals surface area contributed by atoms with Gasteiger partial charge in [0.25, 0.3) is 5.91 Å². The van der Waals surface area contributed by atoms with E-state index in [-0.39, 0.29) is 29.0 Å². The molecule has 1 saturated carbocycles. The van der Waals surface area contributed by atoms with Gasteiger partial charge in [-0.3, -0.25) is 9.59 Å². The van der Waals surface area contributed by atoms with Crippen LogP contribution in [0.4, 0.5) is 0 Å². The monoisotopic (exact) mass is 249 g/mol. The summed E-state index contributed by atoms with van der Waals surface area (Å²) in [6.07, 6.45) is 5.45. The van der Waals surface area contributed by atoms with Gasteiger partial charge in [-0.25, -0.2) is 0 Å². The third kappa shape index (κ3) is 2.79. The molecule has 1 aliphatic rings. The third-order valence-electron chi connectivity index (χ3n) is 3.44. The number of rotatable bonds is 2. The quantitative estimate of drug-likeness (QED) is 0.720. The van der Waals surface area contributed by atoms with Gasteiger partial charge in [0.2, 0.25) is 0 Å². The fourth-order valence-electron chi connectivity index (χ4n) is 2.34. The van der Waals surface area contributed by atoms with Gasteiger partial charge in [-0.15, -0.1) is 0 Å². The average molecular weight is 249 g/mol. The molecule has 5 nitrogen and oxygen atoms in total. The van der Waals surface area contributed by atoms with Crippen molar-refractivity contribution >= 4 is 5.91 Å². The summed E-state index contributed by atoms with van der Waals surface area (Å²) < 4.78 is 0. The number of pyridine rings is 1. The smallest absolute Gasteiger partial charge is 0.257 e. The van der Waals surface area contributed by atoms with Crippen molar-refractivity contribution in [1.82, 2.24) is 10.3 Å². The number of nitrogens with two attached hydrogens (primary N) is 1. The van der Waals surface area contributed by atoms with Gasteiger partial charge >= 0.3 is 0 Å². The van der Waals surface area contributed by atoms with Gasteiger partial charge in [0.1, 0.15) is 5.56 Å². The van der Waals surface area contributed by atoms with Gasteiger partial charge in [-0.2, -0.15) is 0 Å². The van der Waals surface area contributed by atoms with Crippen molar-refractivity contribution < 1.29 is 4.79 Å². The molecule has 4 N–H and O–H groups in total. The van der Waals surface area contributed by atoms with Crippen molar-refractivity contribution in [3.05, 3.63) is 33.7 Å². The van der Waals surface area contributed by atoms with E-state index >= 15 is 0 Å². The largest absolute Gasteiger partial charge is 0.364 e. The van der Waals surface area contributed by atoms with Crippen LogP contribution < -0.4 is 16.5 Å². The Bertz CT molecular complexity index is 495. The maximum absolute atomic E-state index is 12.0. The normalized spacial score (nSPS) is 23.7. The maximum Gasteiger partial charge on any atom is 0.257 e. The highest BCUT2D eigenvalue weighted by atomic mass is 16.2. The van der Waals surface area contributed by atoms with E-state index in [1.165, 1.54) is 12.3 Å². The number of carbonyl (C=O) groups excluding carboxylic acids is 1. The molecule has 1 fully saturated rings. The van der Waals surface area contributed by atoms with Crippen molar-refractivity contribution in [3.8, 4) is 0 Å². The predicted molar refractivity (Wildman–Crippen MR) is 69.5 cm³/mol. The molecule has 98 valence electrons. The molecular formula is C13H19N3O2. The molecule has 5 heteroatoms. The lowest BCUT2D eigenvalue weighted by molar-refractivity contribution is 0.0920. The molecule has 2 atom stereocenters. The van der Waals surface area contributed by atoms with Crippen LogP contribution in [0.25, 0.3) is 0 Å². The summed E-state index contributed by atoms with van der Waals surface area (Å²) >= 11 is 0. The van der Waals surface area contributed by atoms with Gasteiger partial charge in [-0.1, -0.05) is 12.8 Å². The summed E-state index contributed by atoms with van der Waals surface area (Å²) in [5.41, 5.74) is 6.60. The molecule has 18 heavy (non-hydrogen) atoms. The topological polar surface area (TPSA) is 88.0 Å². The van der Waals surface area contributed by atoms with Crippen molar-refractivity contribution in [2.45, 2.75) is 44.7 Å². The van der Waals surface area contributed by atoms with E-state index in [2.05, 4.69) is 10.3 Å². The van der Waals surface area contributed by atoms with Gasteiger partial charge < -0.3 is 16.0 Å².